The molecule has 7 rings (SSSR count). The van der Waals surface area contributed by atoms with Gasteiger partial charge in [0.1, 0.15) is 16.3 Å². The van der Waals surface area contributed by atoms with Crippen LogP contribution in [-0.2, 0) is 33.3 Å². The summed E-state index contributed by atoms with van der Waals surface area (Å²) in [6, 6.07) is 3.60. The lowest BCUT2D eigenvalue weighted by molar-refractivity contribution is -0.135. The number of nitrogens with zero attached hydrogens (tertiary/aromatic N) is 3. The van der Waals surface area contributed by atoms with Crippen LogP contribution in [0.3, 0.4) is 0 Å². The molecule has 3 aliphatic carbocycles. The molecule has 0 atom stereocenters. The molecule has 3 amide bonds. The van der Waals surface area contributed by atoms with E-state index in [4.69, 9.17) is 18.9 Å². The van der Waals surface area contributed by atoms with Crippen molar-refractivity contribution in [1.82, 2.24) is 9.80 Å². The number of carbonyl (C=O) groups excluding carboxylic acids is 5. The molecular formula is C42H52N4O9S2. The maximum absolute atomic E-state index is 13.7. The summed E-state index contributed by atoms with van der Waals surface area (Å²) in [5.74, 6) is 12.9. The van der Waals surface area contributed by atoms with Gasteiger partial charge in [-0.3, -0.25) is 14.4 Å². The summed E-state index contributed by atoms with van der Waals surface area (Å²) in [4.78, 5) is 70.9. The molecule has 15 heteroatoms. The molecule has 2 aromatic heterocycles. The zero-order valence-corrected chi connectivity index (χ0v) is 34.7. The molecule has 2 aromatic rings. The first-order valence-electron chi connectivity index (χ1n) is 19.9. The topological polar surface area (TPSA) is 144 Å². The summed E-state index contributed by atoms with van der Waals surface area (Å²) in [5, 5.41) is 3.06. The van der Waals surface area contributed by atoms with Gasteiger partial charge >= 0.3 is 11.9 Å². The van der Waals surface area contributed by atoms with Crippen LogP contribution < -0.4 is 10.2 Å². The molecule has 0 spiro atoms. The van der Waals surface area contributed by atoms with Gasteiger partial charge in [-0.05, 0) is 69.4 Å². The van der Waals surface area contributed by atoms with Crippen molar-refractivity contribution in [2.45, 2.75) is 58.3 Å². The van der Waals surface area contributed by atoms with Gasteiger partial charge in [0.05, 0.1) is 68.3 Å². The molecule has 306 valence electrons. The summed E-state index contributed by atoms with van der Waals surface area (Å²) >= 11 is 2.52. The second-order valence-corrected chi connectivity index (χ2v) is 17.1. The quantitative estimate of drug-likeness (QED) is 0.275. The third-order valence-electron chi connectivity index (χ3n) is 10.5. The van der Waals surface area contributed by atoms with Gasteiger partial charge < -0.3 is 39.0 Å². The molecule has 0 aromatic carbocycles. The first-order valence-corrected chi connectivity index (χ1v) is 21.5. The number of hydrogen-bond acceptors (Lipinski definition) is 12. The van der Waals surface area contributed by atoms with E-state index >= 15 is 0 Å². The Morgan fingerprint density at radius 1 is 0.737 bits per heavy atom. The molecule has 0 bridgehead atoms. The number of esters is 2. The van der Waals surface area contributed by atoms with Gasteiger partial charge in [-0.15, -0.1) is 22.7 Å². The van der Waals surface area contributed by atoms with E-state index in [0.29, 0.717) is 96.4 Å². The van der Waals surface area contributed by atoms with E-state index in [0.717, 1.165) is 56.2 Å². The number of carbonyl (C=O) groups is 5. The molecule has 5 fully saturated rings. The standard InChI is InChI=1S/C25H32N2O5S.C17H20N2O4S/c1-17-3-8-19(9-4-17)24(29)27(16-22(28)26-11-13-32-14-12-26)21-15-20(10-7-18-5-6-18)33-23(21)25(30)31-2;1-22-17(21)16-14(10-13(24-16)5-4-12-2-3-12)18-11-15(20)19-6-8-23-9-7-19/h15,17-19H,3-6,8-9,11-14,16H2,1-2H3;10,12,18H,2-3,6-9,11H2,1H3. The van der Waals surface area contributed by atoms with Crippen LogP contribution in [-0.4, -0.2) is 119 Å². The van der Waals surface area contributed by atoms with Crippen LogP contribution in [0.5, 0.6) is 0 Å². The molecule has 13 nitrogen and oxygen atoms in total. The van der Waals surface area contributed by atoms with Gasteiger partial charge in [-0.25, -0.2) is 9.59 Å². The predicted molar refractivity (Wildman–Crippen MR) is 217 cm³/mol. The van der Waals surface area contributed by atoms with Crippen LogP contribution in [0.4, 0.5) is 11.4 Å². The van der Waals surface area contributed by atoms with Crippen LogP contribution in [0.1, 0.15) is 87.4 Å². The Morgan fingerprint density at radius 3 is 1.79 bits per heavy atom. The van der Waals surface area contributed by atoms with Crippen LogP contribution in [0, 0.1) is 47.4 Å². The van der Waals surface area contributed by atoms with Crippen molar-refractivity contribution in [3.63, 3.8) is 0 Å². The maximum atomic E-state index is 13.7. The Hall–Kier alpha value is -4.41. The van der Waals surface area contributed by atoms with Crippen molar-refractivity contribution in [3.8, 4) is 23.7 Å². The molecule has 5 aliphatic rings. The van der Waals surface area contributed by atoms with Gasteiger partial charge in [0.15, 0.2) is 0 Å². The normalized spacial score (nSPS) is 20.3. The Labute approximate surface area is 342 Å². The van der Waals surface area contributed by atoms with E-state index < -0.39 is 11.9 Å². The van der Waals surface area contributed by atoms with Crippen molar-refractivity contribution in [3.05, 3.63) is 31.6 Å². The highest BCUT2D eigenvalue weighted by atomic mass is 32.1. The lowest BCUT2D eigenvalue weighted by Gasteiger charge is -2.33. The molecule has 57 heavy (non-hydrogen) atoms. The number of nitrogens with one attached hydrogen (secondary N) is 1. The van der Waals surface area contributed by atoms with E-state index in [-0.39, 0.29) is 36.7 Å². The highest BCUT2D eigenvalue weighted by Gasteiger charge is 2.34. The van der Waals surface area contributed by atoms with Crippen molar-refractivity contribution >= 4 is 63.7 Å². The number of methoxy groups -OCH3 is 2. The number of ether oxygens (including phenoxy) is 4. The summed E-state index contributed by atoms with van der Waals surface area (Å²) in [7, 11) is 2.68. The fourth-order valence-electron chi connectivity index (χ4n) is 6.67. The van der Waals surface area contributed by atoms with Gasteiger partial charge in [0, 0.05) is 43.9 Å². The van der Waals surface area contributed by atoms with Crippen molar-refractivity contribution in [2.24, 2.45) is 23.7 Å². The third kappa shape index (κ3) is 12.1. The first-order chi connectivity index (χ1) is 27.6. The fourth-order valence-corrected chi connectivity index (χ4v) is 8.52. The Balaban J connectivity index is 0.000000203. The summed E-state index contributed by atoms with van der Waals surface area (Å²) in [6.45, 7) is 6.59. The van der Waals surface area contributed by atoms with E-state index in [1.807, 2.05) is 6.07 Å². The number of morpholine rings is 2. The smallest absolute Gasteiger partial charge is 0.350 e. The molecule has 0 unspecified atom stereocenters. The molecule has 2 saturated heterocycles. The highest BCUT2D eigenvalue weighted by Crippen LogP contribution is 2.36. The zero-order chi connectivity index (χ0) is 40.3. The monoisotopic (exact) mass is 820 g/mol. The van der Waals surface area contributed by atoms with Gasteiger partial charge in [-0.2, -0.15) is 0 Å². The maximum Gasteiger partial charge on any atom is 0.350 e. The second kappa shape index (κ2) is 20.3. The van der Waals surface area contributed by atoms with Crippen molar-refractivity contribution in [1.29, 1.82) is 0 Å². The largest absolute Gasteiger partial charge is 0.465 e. The highest BCUT2D eigenvalue weighted by molar-refractivity contribution is 7.15. The summed E-state index contributed by atoms with van der Waals surface area (Å²) < 4.78 is 20.4. The van der Waals surface area contributed by atoms with Crippen LogP contribution in [0.15, 0.2) is 12.1 Å². The number of thiophene rings is 2. The molecular weight excluding hydrogens is 769 g/mol. The number of anilines is 2. The lowest BCUT2D eigenvalue weighted by Crippen LogP contribution is -2.49. The van der Waals surface area contributed by atoms with Gasteiger partial charge in [-0.1, -0.05) is 30.6 Å². The molecule has 3 saturated carbocycles. The Morgan fingerprint density at radius 2 is 1.25 bits per heavy atom. The van der Waals surface area contributed by atoms with E-state index in [2.05, 4.69) is 35.9 Å². The minimum atomic E-state index is -0.511. The number of amides is 3. The second-order valence-electron chi connectivity index (χ2n) is 15.0. The summed E-state index contributed by atoms with van der Waals surface area (Å²) in [6.07, 6.45) is 8.10. The van der Waals surface area contributed by atoms with E-state index in [1.165, 1.54) is 41.8 Å². The average Bonchev–Trinajstić information content (AvgIpc) is 4.18. The Kier molecular flexibility index (Phi) is 15.1. The van der Waals surface area contributed by atoms with Crippen molar-refractivity contribution < 1.29 is 42.9 Å². The minimum Gasteiger partial charge on any atom is -0.465 e. The minimum absolute atomic E-state index is 0.00840. The molecule has 1 N–H and O–H groups in total. The van der Waals surface area contributed by atoms with Gasteiger partial charge in [0.25, 0.3) is 0 Å². The Bertz CT molecular complexity index is 1890. The predicted octanol–water partition coefficient (Wildman–Crippen LogP) is 4.88. The van der Waals surface area contributed by atoms with Crippen LogP contribution >= 0.6 is 22.7 Å². The summed E-state index contributed by atoms with van der Waals surface area (Å²) in [5.41, 5.74) is 1.05. The first kappa shape index (κ1) is 42.2. The number of hydrogen-bond donors (Lipinski definition) is 1. The van der Waals surface area contributed by atoms with Crippen molar-refractivity contribution in [2.75, 3.05) is 90.1 Å². The fraction of sp³-hybridized carbons (Fsp3) is 0.595. The van der Waals surface area contributed by atoms with Gasteiger partial charge in [0.2, 0.25) is 17.7 Å². The lowest BCUT2D eigenvalue weighted by atomic mass is 9.82. The molecule has 0 radical (unpaired) electrons. The zero-order valence-electron chi connectivity index (χ0n) is 33.0. The van der Waals surface area contributed by atoms with E-state index in [1.54, 1.807) is 15.9 Å². The van der Waals surface area contributed by atoms with E-state index in [9.17, 15) is 24.0 Å². The average molecular weight is 821 g/mol. The molecule has 2 aliphatic heterocycles. The SMILES string of the molecule is COC(=O)c1sc(C#CC2CC2)cc1N(CC(=O)N1CCOCC1)C(=O)C1CCC(C)CC1.COC(=O)c1sc(C#CC2CC2)cc1NCC(=O)N1CCOCC1. The number of rotatable bonds is 9. The van der Waals surface area contributed by atoms with Crippen LogP contribution in [0.2, 0.25) is 0 Å². The third-order valence-corrected chi connectivity index (χ3v) is 12.6. The van der Waals surface area contributed by atoms with Crippen LogP contribution in [0.25, 0.3) is 0 Å². The molecule has 4 heterocycles.